The number of sulfonamides is 1. The van der Waals surface area contributed by atoms with Gasteiger partial charge >= 0.3 is 0 Å². The van der Waals surface area contributed by atoms with Gasteiger partial charge in [-0.25, -0.2) is 22.5 Å². The maximum Gasteiger partial charge on any atom is 0.257 e. The smallest absolute Gasteiger partial charge is 0.257 e. The van der Waals surface area contributed by atoms with Gasteiger partial charge in [0, 0.05) is 29.6 Å². The third-order valence-electron chi connectivity index (χ3n) is 6.27. The van der Waals surface area contributed by atoms with Gasteiger partial charge in [-0.1, -0.05) is 42.5 Å². The molecule has 0 saturated heterocycles. The maximum absolute atomic E-state index is 14.4. The number of nitrogens with zero attached hydrogens (tertiary/aromatic N) is 2. The van der Waals surface area contributed by atoms with Crippen molar-refractivity contribution < 1.29 is 12.8 Å². The van der Waals surface area contributed by atoms with Gasteiger partial charge in [-0.15, -0.1) is 0 Å². The second kappa shape index (κ2) is 9.19. The van der Waals surface area contributed by atoms with Crippen LogP contribution in [0.3, 0.4) is 0 Å². The number of benzene rings is 2. The number of rotatable bonds is 6. The quantitative estimate of drug-likeness (QED) is 0.599. The zero-order valence-corrected chi connectivity index (χ0v) is 19.8. The molecule has 4 rings (SSSR count). The van der Waals surface area contributed by atoms with Crippen LogP contribution in [0.5, 0.6) is 0 Å². The van der Waals surface area contributed by atoms with Crippen LogP contribution in [0.15, 0.2) is 53.3 Å². The Labute approximate surface area is 193 Å². The van der Waals surface area contributed by atoms with E-state index < -0.39 is 16.1 Å². The summed E-state index contributed by atoms with van der Waals surface area (Å²) in [5.41, 5.74) is 3.34. The number of aryl methyl sites for hydroxylation is 2. The van der Waals surface area contributed by atoms with Crippen molar-refractivity contribution in [2.24, 2.45) is 0 Å². The van der Waals surface area contributed by atoms with E-state index in [2.05, 4.69) is 9.71 Å². The summed E-state index contributed by atoms with van der Waals surface area (Å²) in [6, 6.07) is 13.7. The van der Waals surface area contributed by atoms with Crippen LogP contribution < -0.4 is 10.3 Å². The number of aromatic nitrogens is 2. The van der Waals surface area contributed by atoms with E-state index in [0.29, 0.717) is 42.8 Å². The number of nitrogens with one attached hydrogen (secondary N) is 1. The van der Waals surface area contributed by atoms with Crippen molar-refractivity contribution in [2.75, 3.05) is 6.26 Å². The predicted octanol–water partition coefficient (Wildman–Crippen LogP) is 3.57. The highest BCUT2D eigenvalue weighted by Crippen LogP contribution is 2.33. The molecule has 6 nitrogen and oxygen atoms in total. The summed E-state index contributed by atoms with van der Waals surface area (Å²) >= 11 is 0. The molecule has 0 fully saturated rings. The van der Waals surface area contributed by atoms with Crippen molar-refractivity contribution in [2.45, 2.75) is 51.6 Å². The Morgan fingerprint density at radius 3 is 2.64 bits per heavy atom. The fourth-order valence-electron chi connectivity index (χ4n) is 4.84. The van der Waals surface area contributed by atoms with Gasteiger partial charge in [0.2, 0.25) is 10.0 Å². The Balaban J connectivity index is 1.80. The largest absolute Gasteiger partial charge is 0.297 e. The zero-order valence-electron chi connectivity index (χ0n) is 19.0. The molecule has 0 saturated carbocycles. The van der Waals surface area contributed by atoms with E-state index in [1.165, 1.54) is 6.07 Å². The van der Waals surface area contributed by atoms with Crippen LogP contribution in [-0.4, -0.2) is 30.3 Å². The normalized spacial score (nSPS) is 18.2. The van der Waals surface area contributed by atoms with Crippen molar-refractivity contribution in [3.63, 3.8) is 0 Å². The molecule has 1 aromatic heterocycles. The van der Waals surface area contributed by atoms with Gasteiger partial charge in [0.05, 0.1) is 11.9 Å². The molecule has 1 aliphatic rings. The van der Waals surface area contributed by atoms with E-state index >= 15 is 0 Å². The summed E-state index contributed by atoms with van der Waals surface area (Å²) in [4.78, 5) is 18.1. The van der Waals surface area contributed by atoms with E-state index in [1.54, 1.807) is 22.8 Å². The molecule has 0 spiro atoms. The second-order valence-corrected chi connectivity index (χ2v) is 10.4. The molecular weight excluding hydrogens is 441 g/mol. The summed E-state index contributed by atoms with van der Waals surface area (Å²) < 4.78 is 42.9. The molecule has 3 aromatic rings. The van der Waals surface area contributed by atoms with Crippen LogP contribution in [-0.2, 0) is 29.4 Å². The molecule has 1 heterocycles. The highest BCUT2D eigenvalue weighted by molar-refractivity contribution is 7.88. The molecule has 1 aliphatic carbocycles. The molecule has 0 aliphatic heterocycles. The average molecular weight is 470 g/mol. The van der Waals surface area contributed by atoms with Gasteiger partial charge in [0.1, 0.15) is 11.6 Å². The lowest BCUT2D eigenvalue weighted by Gasteiger charge is -2.33. The van der Waals surface area contributed by atoms with Crippen molar-refractivity contribution in [3.8, 4) is 11.1 Å². The minimum absolute atomic E-state index is 0.116. The third-order valence-corrected chi connectivity index (χ3v) is 7.00. The summed E-state index contributed by atoms with van der Waals surface area (Å²) in [6.45, 7) is 4.20. The topological polar surface area (TPSA) is 81.1 Å². The minimum atomic E-state index is -3.47. The summed E-state index contributed by atoms with van der Waals surface area (Å²) in [5, 5.41) is 0. The molecule has 2 aromatic carbocycles. The summed E-state index contributed by atoms with van der Waals surface area (Å²) in [5.74, 6) is -0.0198. The van der Waals surface area contributed by atoms with Gasteiger partial charge in [-0.3, -0.25) is 9.36 Å². The lowest BCUT2D eigenvalue weighted by atomic mass is 9.78. The van der Waals surface area contributed by atoms with Crippen LogP contribution in [0.2, 0.25) is 0 Å². The zero-order chi connectivity index (χ0) is 23.8. The monoisotopic (exact) mass is 469 g/mol. The van der Waals surface area contributed by atoms with Crippen LogP contribution in [0.4, 0.5) is 4.39 Å². The first kappa shape index (κ1) is 23.3. The predicted molar refractivity (Wildman–Crippen MR) is 127 cm³/mol. The fraction of sp³-hybridized carbons (Fsp3) is 0.360. The third kappa shape index (κ3) is 4.91. The molecular formula is C25H28FN3O3S. The molecule has 1 N–H and O–H groups in total. The molecule has 0 amide bonds. The Hall–Kier alpha value is -2.84. The molecule has 8 heteroatoms. The highest BCUT2D eigenvalue weighted by Gasteiger charge is 2.35. The molecule has 2 unspecified atom stereocenters. The number of fused-ring (bicyclic) bond motifs is 1. The van der Waals surface area contributed by atoms with Crippen molar-refractivity contribution in [3.05, 3.63) is 87.3 Å². The Kier molecular flexibility index (Phi) is 6.50. The van der Waals surface area contributed by atoms with Crippen molar-refractivity contribution in [1.82, 2.24) is 14.3 Å². The second-order valence-electron chi connectivity index (χ2n) is 8.59. The van der Waals surface area contributed by atoms with Crippen LogP contribution >= 0.6 is 0 Å². The van der Waals surface area contributed by atoms with E-state index in [9.17, 15) is 17.6 Å². The molecule has 0 radical (unpaired) electrons. The van der Waals surface area contributed by atoms with E-state index in [0.717, 1.165) is 23.1 Å². The van der Waals surface area contributed by atoms with Crippen molar-refractivity contribution in [1.29, 1.82) is 0 Å². The fourth-order valence-corrected chi connectivity index (χ4v) is 5.67. The Morgan fingerprint density at radius 1 is 1.18 bits per heavy atom. The lowest BCUT2D eigenvalue weighted by molar-refractivity contribution is 0.415. The average Bonchev–Trinajstić information content (AvgIpc) is 2.75. The minimum Gasteiger partial charge on any atom is -0.297 e. The first-order valence-corrected chi connectivity index (χ1v) is 13.0. The van der Waals surface area contributed by atoms with Gasteiger partial charge in [-0.2, -0.15) is 0 Å². The van der Waals surface area contributed by atoms with Gasteiger partial charge < -0.3 is 0 Å². The molecule has 2 atom stereocenters. The van der Waals surface area contributed by atoms with Crippen molar-refractivity contribution >= 4 is 10.0 Å². The molecule has 174 valence electrons. The maximum atomic E-state index is 14.4. The van der Waals surface area contributed by atoms with E-state index in [4.69, 9.17) is 0 Å². The standard InChI is InChI=1S/C25H28FN3O3S/c1-4-29-16(2)27-23-13-12-22(28-33(3,31)32)20(24(23)25(29)30)15-17-8-7-9-18(14-17)19-10-5-6-11-21(19)26/h5-11,14,20,22,28H,4,12-13,15H2,1-3H3. The lowest BCUT2D eigenvalue weighted by Crippen LogP contribution is -2.46. The van der Waals surface area contributed by atoms with Gasteiger partial charge in [0.25, 0.3) is 5.56 Å². The van der Waals surface area contributed by atoms with Gasteiger partial charge in [0.15, 0.2) is 0 Å². The summed E-state index contributed by atoms with van der Waals surface area (Å²) in [7, 11) is -3.47. The van der Waals surface area contributed by atoms with Gasteiger partial charge in [-0.05, 0) is 50.3 Å². The number of halogens is 1. The first-order chi connectivity index (χ1) is 15.7. The summed E-state index contributed by atoms with van der Waals surface area (Å²) in [6.07, 6.45) is 2.66. The number of hydrogen-bond donors (Lipinski definition) is 1. The highest BCUT2D eigenvalue weighted by atomic mass is 32.2. The molecule has 33 heavy (non-hydrogen) atoms. The van der Waals surface area contributed by atoms with E-state index in [-0.39, 0.29) is 17.3 Å². The molecule has 0 bridgehead atoms. The Morgan fingerprint density at radius 2 is 1.94 bits per heavy atom. The Bertz CT molecular complexity index is 1350. The number of hydrogen-bond acceptors (Lipinski definition) is 4. The van der Waals surface area contributed by atoms with Crippen LogP contribution in [0, 0.1) is 12.7 Å². The SMILES string of the molecule is CCn1c(C)nc2c(c1=O)C(Cc1cccc(-c3ccccc3F)c1)C(NS(C)(=O)=O)CC2. The van der Waals surface area contributed by atoms with E-state index in [1.807, 2.05) is 38.1 Å². The van der Waals surface area contributed by atoms with Crippen LogP contribution in [0.1, 0.15) is 41.9 Å². The first-order valence-electron chi connectivity index (χ1n) is 11.1. The van der Waals surface area contributed by atoms with Crippen LogP contribution in [0.25, 0.3) is 11.1 Å².